The van der Waals surface area contributed by atoms with Crippen molar-refractivity contribution in [2.24, 2.45) is 0 Å². The highest BCUT2D eigenvalue weighted by atomic mass is 35.5. The van der Waals surface area contributed by atoms with Gasteiger partial charge in [-0.2, -0.15) is 0 Å². The zero-order valence-corrected chi connectivity index (χ0v) is 17.3. The van der Waals surface area contributed by atoms with E-state index in [0.29, 0.717) is 15.7 Å². The SMILES string of the molecule is CON(C)S(=O)(=O)c1cc(C(=O)Nc2ccc(C(=O)N(C)C)cc2)ccc1Cl. The van der Waals surface area contributed by atoms with E-state index >= 15 is 0 Å². The fourth-order valence-corrected chi connectivity index (χ4v) is 3.71. The van der Waals surface area contributed by atoms with E-state index in [2.05, 4.69) is 5.32 Å². The number of nitrogens with zero attached hydrogens (tertiary/aromatic N) is 2. The molecule has 0 aliphatic rings. The number of hydrogen-bond donors (Lipinski definition) is 1. The fourth-order valence-electron chi connectivity index (χ4n) is 2.24. The Morgan fingerprint density at radius 1 is 1.00 bits per heavy atom. The molecule has 0 radical (unpaired) electrons. The monoisotopic (exact) mass is 425 g/mol. The second-order valence-electron chi connectivity index (χ2n) is 5.97. The maximum Gasteiger partial charge on any atom is 0.266 e. The van der Waals surface area contributed by atoms with Crippen LogP contribution in [0, 0.1) is 0 Å². The van der Waals surface area contributed by atoms with E-state index in [0.717, 1.165) is 0 Å². The minimum atomic E-state index is -4.01. The van der Waals surface area contributed by atoms with Gasteiger partial charge in [0.2, 0.25) is 0 Å². The summed E-state index contributed by atoms with van der Waals surface area (Å²) in [7, 11) is 1.69. The third kappa shape index (κ3) is 4.68. The standard InChI is InChI=1S/C18H20ClN3O5S/c1-21(2)18(24)12-5-8-14(9-6-12)20-17(23)13-7-10-15(19)16(11-13)28(25,26)22(3)27-4/h5-11H,1-4H3,(H,20,23). The zero-order chi connectivity index (χ0) is 21.1. The van der Waals surface area contributed by atoms with Crippen LogP contribution in [0.3, 0.4) is 0 Å². The lowest BCUT2D eigenvalue weighted by molar-refractivity contribution is -0.0258. The van der Waals surface area contributed by atoms with E-state index in [1.807, 2.05) is 0 Å². The van der Waals surface area contributed by atoms with Gasteiger partial charge < -0.3 is 10.2 Å². The summed E-state index contributed by atoms with van der Waals surface area (Å²) < 4.78 is 25.5. The molecule has 2 aromatic carbocycles. The van der Waals surface area contributed by atoms with E-state index in [-0.39, 0.29) is 21.4 Å². The highest BCUT2D eigenvalue weighted by molar-refractivity contribution is 7.89. The van der Waals surface area contributed by atoms with Crippen molar-refractivity contribution in [3.8, 4) is 0 Å². The maximum atomic E-state index is 12.5. The molecule has 0 saturated carbocycles. The molecular weight excluding hydrogens is 406 g/mol. The van der Waals surface area contributed by atoms with Gasteiger partial charge in [0.15, 0.2) is 0 Å². The highest BCUT2D eigenvalue weighted by Gasteiger charge is 2.25. The van der Waals surface area contributed by atoms with Crippen LogP contribution in [0.4, 0.5) is 5.69 Å². The quantitative estimate of drug-likeness (QED) is 0.717. The Morgan fingerprint density at radius 2 is 1.57 bits per heavy atom. The molecule has 28 heavy (non-hydrogen) atoms. The molecule has 0 unspecified atom stereocenters. The van der Waals surface area contributed by atoms with Gasteiger partial charge in [0.25, 0.3) is 21.8 Å². The number of rotatable bonds is 6. The molecule has 0 atom stereocenters. The van der Waals surface area contributed by atoms with Gasteiger partial charge in [0, 0.05) is 38.0 Å². The van der Waals surface area contributed by atoms with Crippen LogP contribution < -0.4 is 5.32 Å². The molecule has 0 bridgehead atoms. The fraction of sp³-hybridized carbons (Fsp3) is 0.222. The van der Waals surface area contributed by atoms with Crippen molar-refractivity contribution < 1.29 is 22.8 Å². The van der Waals surface area contributed by atoms with Gasteiger partial charge in [-0.05, 0) is 42.5 Å². The molecule has 0 aliphatic heterocycles. The number of carbonyl (C=O) groups is 2. The van der Waals surface area contributed by atoms with Crippen molar-refractivity contribution in [1.82, 2.24) is 9.37 Å². The van der Waals surface area contributed by atoms with E-state index in [4.69, 9.17) is 16.4 Å². The number of anilines is 1. The summed E-state index contributed by atoms with van der Waals surface area (Å²) in [4.78, 5) is 30.3. The average molecular weight is 426 g/mol. The van der Waals surface area contributed by atoms with Crippen molar-refractivity contribution in [3.05, 3.63) is 58.6 Å². The maximum absolute atomic E-state index is 12.5. The second kappa shape index (κ2) is 8.70. The third-order valence-corrected chi connectivity index (χ3v) is 6.02. The van der Waals surface area contributed by atoms with Gasteiger partial charge in [0.05, 0.1) is 12.1 Å². The van der Waals surface area contributed by atoms with E-state index in [1.165, 1.54) is 37.3 Å². The molecule has 10 heteroatoms. The van der Waals surface area contributed by atoms with Crippen molar-refractivity contribution >= 4 is 39.1 Å². The molecule has 0 fully saturated rings. The number of carbonyl (C=O) groups excluding carboxylic acids is 2. The number of amides is 2. The Balaban J connectivity index is 2.26. The molecule has 150 valence electrons. The average Bonchev–Trinajstić information content (AvgIpc) is 2.67. The number of halogens is 1. The summed E-state index contributed by atoms with van der Waals surface area (Å²) >= 11 is 5.99. The van der Waals surface area contributed by atoms with E-state index in [9.17, 15) is 18.0 Å². The molecular formula is C18H20ClN3O5S. The van der Waals surface area contributed by atoms with Gasteiger partial charge >= 0.3 is 0 Å². The second-order valence-corrected chi connectivity index (χ2v) is 8.28. The van der Waals surface area contributed by atoms with Crippen LogP contribution in [0.25, 0.3) is 0 Å². The number of hydrogen-bond acceptors (Lipinski definition) is 5. The van der Waals surface area contributed by atoms with Crippen LogP contribution in [0.15, 0.2) is 47.4 Å². The smallest absolute Gasteiger partial charge is 0.266 e. The van der Waals surface area contributed by atoms with Gasteiger partial charge in [-0.15, -0.1) is 0 Å². The number of benzene rings is 2. The predicted molar refractivity (Wildman–Crippen MR) is 106 cm³/mol. The van der Waals surface area contributed by atoms with Crippen molar-refractivity contribution in [2.75, 3.05) is 33.6 Å². The minimum Gasteiger partial charge on any atom is -0.345 e. The normalized spacial score (nSPS) is 11.4. The van der Waals surface area contributed by atoms with Crippen molar-refractivity contribution in [1.29, 1.82) is 0 Å². The van der Waals surface area contributed by atoms with Gasteiger partial charge in [-0.1, -0.05) is 16.1 Å². The van der Waals surface area contributed by atoms with E-state index < -0.39 is 15.9 Å². The van der Waals surface area contributed by atoms with Gasteiger partial charge in [0.1, 0.15) is 4.90 Å². The van der Waals surface area contributed by atoms with Gasteiger partial charge in [-0.3, -0.25) is 14.4 Å². The molecule has 1 N–H and O–H groups in total. The Morgan fingerprint density at radius 3 is 2.11 bits per heavy atom. The summed E-state index contributed by atoms with van der Waals surface area (Å²) in [5.41, 5.74) is 1.03. The number of sulfonamides is 1. The van der Waals surface area contributed by atoms with Crippen LogP contribution in [0.1, 0.15) is 20.7 Å². The molecule has 2 rings (SSSR count). The molecule has 0 aromatic heterocycles. The molecule has 0 heterocycles. The Labute approximate surface area is 168 Å². The van der Waals surface area contributed by atoms with Crippen LogP contribution in [0.5, 0.6) is 0 Å². The molecule has 2 aromatic rings. The van der Waals surface area contributed by atoms with Gasteiger partial charge in [-0.25, -0.2) is 8.42 Å². The molecule has 8 nitrogen and oxygen atoms in total. The first-order chi connectivity index (χ1) is 13.1. The lowest BCUT2D eigenvalue weighted by Crippen LogP contribution is -2.26. The summed E-state index contributed by atoms with van der Waals surface area (Å²) in [6.45, 7) is 0. The third-order valence-electron chi connectivity index (χ3n) is 3.86. The summed E-state index contributed by atoms with van der Waals surface area (Å²) in [5.74, 6) is -0.687. The van der Waals surface area contributed by atoms with Crippen molar-refractivity contribution in [2.45, 2.75) is 4.90 Å². The van der Waals surface area contributed by atoms with Crippen LogP contribution in [-0.4, -0.2) is 57.9 Å². The lowest BCUT2D eigenvalue weighted by atomic mass is 10.1. The largest absolute Gasteiger partial charge is 0.345 e. The Kier molecular flexibility index (Phi) is 6.78. The summed E-state index contributed by atoms with van der Waals surface area (Å²) in [6.07, 6.45) is 0. The first-order valence-electron chi connectivity index (χ1n) is 8.03. The molecule has 0 saturated heterocycles. The lowest BCUT2D eigenvalue weighted by Gasteiger charge is -2.16. The Bertz CT molecular complexity index is 991. The predicted octanol–water partition coefficient (Wildman–Crippen LogP) is 2.48. The number of hydroxylamine groups is 1. The van der Waals surface area contributed by atoms with Crippen LogP contribution in [-0.2, 0) is 14.9 Å². The molecule has 2 amide bonds. The first kappa shape index (κ1) is 21.8. The first-order valence-corrected chi connectivity index (χ1v) is 9.85. The zero-order valence-electron chi connectivity index (χ0n) is 15.8. The molecule has 0 spiro atoms. The van der Waals surface area contributed by atoms with Crippen molar-refractivity contribution in [3.63, 3.8) is 0 Å². The minimum absolute atomic E-state index is 0.0352. The summed E-state index contributed by atoms with van der Waals surface area (Å²) in [5, 5.41) is 2.61. The topological polar surface area (TPSA) is 96.0 Å². The van der Waals surface area contributed by atoms with Crippen LogP contribution >= 0.6 is 11.6 Å². The van der Waals surface area contributed by atoms with Crippen LogP contribution in [0.2, 0.25) is 5.02 Å². The summed E-state index contributed by atoms with van der Waals surface area (Å²) in [6, 6.07) is 10.2. The molecule has 0 aliphatic carbocycles. The number of nitrogens with one attached hydrogen (secondary N) is 1. The Hall–Kier alpha value is -2.46. The van der Waals surface area contributed by atoms with E-state index in [1.54, 1.807) is 38.4 Å². The highest BCUT2D eigenvalue weighted by Crippen LogP contribution is 2.26.